The van der Waals surface area contributed by atoms with E-state index in [1.54, 1.807) is 99.1 Å². The second-order valence-electron chi connectivity index (χ2n) is 13.6. The van der Waals surface area contributed by atoms with Crippen LogP contribution in [0.1, 0.15) is 0 Å². The molecule has 32 heteroatoms. The molecule has 0 aliphatic rings. The molecule has 14 aromatic rings. The van der Waals surface area contributed by atoms with Crippen LogP contribution in [0.5, 0.6) is 0 Å². The molecule has 2 radical (unpaired) electrons. The van der Waals surface area contributed by atoms with Crippen LogP contribution >= 0.6 is 0 Å². The summed E-state index contributed by atoms with van der Waals surface area (Å²) in [4.78, 5) is 48.6. The Morgan fingerprint density at radius 3 is 0.868 bits per heavy atom. The molecule has 382 valence electrons. The molecule has 12 heterocycles. The molecule has 0 bridgehead atoms. The van der Waals surface area contributed by atoms with E-state index in [4.69, 9.17) is 0 Å². The summed E-state index contributed by atoms with van der Waals surface area (Å²) >= 11 is 0. The molecular formula is C44H32Cu2N28O2. The van der Waals surface area contributed by atoms with Gasteiger partial charge >= 0.3 is 34.1 Å². The van der Waals surface area contributed by atoms with Gasteiger partial charge in [-0.2, -0.15) is 15.6 Å². The van der Waals surface area contributed by atoms with E-state index >= 15 is 0 Å². The minimum Gasteiger partial charge on any atom is -0.412 e. The van der Waals surface area contributed by atoms with Crippen molar-refractivity contribution in [2.45, 2.75) is 0 Å². The largest absolute Gasteiger partial charge is 2.00 e. The summed E-state index contributed by atoms with van der Waals surface area (Å²) in [6.07, 6.45) is 26.0. The smallest absolute Gasteiger partial charge is 0.412 e. The maximum atomic E-state index is 4.35. The fraction of sp³-hybridized carbons (Fsp3) is 0. The molecule has 0 fully saturated rings. The van der Waals surface area contributed by atoms with Gasteiger partial charge in [0, 0.05) is 95.9 Å². The number of hydrogen-bond acceptors (Lipinski definition) is 24. The molecule has 0 unspecified atom stereocenters. The van der Waals surface area contributed by atoms with Crippen molar-refractivity contribution < 1.29 is 45.1 Å². The Hall–Kier alpha value is -10.4. The van der Waals surface area contributed by atoms with E-state index in [1.807, 2.05) is 24.3 Å². The topological polar surface area (TPSA) is 429 Å². The van der Waals surface area contributed by atoms with Crippen LogP contribution in [0.3, 0.4) is 0 Å². The van der Waals surface area contributed by atoms with Crippen LogP contribution < -0.4 is 20.5 Å². The molecule has 30 nitrogen and oxygen atoms in total. The summed E-state index contributed by atoms with van der Waals surface area (Å²) in [5.41, 5.74) is 6.23. The molecule has 0 spiro atoms. The van der Waals surface area contributed by atoms with Crippen molar-refractivity contribution in [1.82, 2.24) is 142 Å². The number of tetrazole rings is 4. The van der Waals surface area contributed by atoms with E-state index in [-0.39, 0.29) is 45.1 Å². The standard InChI is InChI=1S/2C12H8N2.4C5H3N6.2Cu.2H2O/c2*1-3-9-5-6-10-4-2-8-14-12(10)11(9)13-7-1;4*1-2-7-4(3-6-1)5-8-10-11-9-5;;;;/h2*1-8H;4*1-3H;;;2*1H2/q;;4*-1;2*+2;;. The van der Waals surface area contributed by atoms with E-state index in [0.717, 1.165) is 43.6 Å². The second kappa shape index (κ2) is 29.9. The second-order valence-corrected chi connectivity index (χ2v) is 13.6. The van der Waals surface area contributed by atoms with Crippen LogP contribution in [0.15, 0.2) is 172 Å². The predicted octanol–water partition coefficient (Wildman–Crippen LogP) is 1.05. The molecule has 0 amide bonds. The van der Waals surface area contributed by atoms with Gasteiger partial charge in [0.05, 0.1) is 87.2 Å². The van der Waals surface area contributed by atoms with Gasteiger partial charge in [-0.15, -0.1) is 0 Å². The number of nitrogens with zero attached hydrogens (tertiary/aromatic N) is 28. The van der Waals surface area contributed by atoms with Crippen LogP contribution in [-0.2, 0) is 34.1 Å². The SMILES string of the molecule is O.O.[Cu+2].[Cu+2].c1cnc(-c2nn[n-]n2)cn1.c1cnc(-c2nnn[n-]2)cn1.c1cnc(-c2nnn[n-]2)cn1.c1cnc(-c2nnn[n-]2)cn1.c1cnc2c(c1)ccc1cccnc12.c1cnc2c(c1)ccc1cccnc12. The molecule has 12 aromatic heterocycles. The van der Waals surface area contributed by atoms with Crippen LogP contribution in [0, 0.1) is 0 Å². The minimum atomic E-state index is 0. The zero-order valence-electron chi connectivity index (χ0n) is 38.3. The fourth-order valence-corrected chi connectivity index (χ4v) is 6.01. The Morgan fingerprint density at radius 1 is 0.303 bits per heavy atom. The van der Waals surface area contributed by atoms with Gasteiger partial charge in [-0.25, -0.2) is 5.10 Å². The van der Waals surface area contributed by atoms with Gasteiger partial charge < -0.3 is 31.3 Å². The van der Waals surface area contributed by atoms with Crippen molar-refractivity contribution in [3.8, 4) is 46.1 Å². The van der Waals surface area contributed by atoms with Gasteiger partial charge in [0.25, 0.3) is 0 Å². The van der Waals surface area contributed by atoms with E-state index in [1.165, 1.54) is 0 Å². The van der Waals surface area contributed by atoms with Gasteiger partial charge in [0.1, 0.15) is 5.69 Å². The number of fused-ring (bicyclic) bond motifs is 6. The summed E-state index contributed by atoms with van der Waals surface area (Å²) in [6, 6.07) is 24.3. The first-order chi connectivity index (χ1) is 35.8. The van der Waals surface area contributed by atoms with E-state index in [9.17, 15) is 0 Å². The first kappa shape index (κ1) is 56.6. The molecular weight excluding hydrogens is 1080 g/mol. The first-order valence-electron chi connectivity index (χ1n) is 20.7. The third-order valence-electron chi connectivity index (χ3n) is 9.13. The molecule has 0 atom stereocenters. The van der Waals surface area contributed by atoms with Gasteiger partial charge in [0.2, 0.25) is 0 Å². The number of aromatic nitrogens is 28. The molecule has 76 heavy (non-hydrogen) atoms. The van der Waals surface area contributed by atoms with Crippen molar-refractivity contribution in [3.05, 3.63) is 172 Å². The van der Waals surface area contributed by atoms with E-state index in [0.29, 0.717) is 46.1 Å². The Kier molecular flexibility index (Phi) is 22.2. The van der Waals surface area contributed by atoms with Crippen molar-refractivity contribution in [1.29, 1.82) is 0 Å². The number of hydrogen-bond donors (Lipinski definition) is 0. The molecule has 0 saturated heterocycles. The van der Waals surface area contributed by atoms with Crippen LogP contribution in [-0.4, -0.2) is 133 Å². The Morgan fingerprint density at radius 2 is 0.618 bits per heavy atom. The van der Waals surface area contributed by atoms with E-state index in [2.05, 4.69) is 191 Å². The predicted molar refractivity (Wildman–Crippen MR) is 258 cm³/mol. The normalized spacial score (nSPS) is 9.68. The van der Waals surface area contributed by atoms with Crippen molar-refractivity contribution in [2.75, 3.05) is 0 Å². The summed E-state index contributed by atoms with van der Waals surface area (Å²) < 4.78 is 0. The van der Waals surface area contributed by atoms with Crippen LogP contribution in [0.4, 0.5) is 0 Å². The van der Waals surface area contributed by atoms with Crippen molar-refractivity contribution in [3.63, 3.8) is 0 Å². The average Bonchev–Trinajstić information content (AvgIpc) is 4.35. The maximum Gasteiger partial charge on any atom is 2.00 e. The Labute approximate surface area is 447 Å². The molecule has 4 N–H and O–H groups in total. The molecule has 0 aliphatic carbocycles. The third kappa shape index (κ3) is 15.3. The number of rotatable bonds is 4. The van der Waals surface area contributed by atoms with Crippen molar-refractivity contribution >= 4 is 43.6 Å². The van der Waals surface area contributed by atoms with E-state index < -0.39 is 0 Å². The van der Waals surface area contributed by atoms with Crippen LogP contribution in [0.2, 0.25) is 0 Å². The summed E-state index contributed by atoms with van der Waals surface area (Å²) in [7, 11) is 0. The molecule has 0 aliphatic heterocycles. The fourth-order valence-electron chi connectivity index (χ4n) is 6.01. The van der Waals surface area contributed by atoms with Gasteiger partial charge in [-0.3, -0.25) is 101 Å². The van der Waals surface area contributed by atoms with Gasteiger partial charge in [-0.05, 0) is 24.3 Å². The third-order valence-corrected chi connectivity index (χ3v) is 9.13. The van der Waals surface area contributed by atoms with Gasteiger partial charge in [-0.1, -0.05) is 48.5 Å². The van der Waals surface area contributed by atoms with Crippen molar-refractivity contribution in [2.24, 2.45) is 0 Å². The maximum absolute atomic E-state index is 4.35. The summed E-state index contributed by atoms with van der Waals surface area (Å²) in [5.74, 6) is 1.60. The Balaban J connectivity index is 0.000000167. The number of pyridine rings is 4. The zero-order valence-corrected chi connectivity index (χ0v) is 40.2. The summed E-state index contributed by atoms with van der Waals surface area (Å²) in [5, 5.41) is 60.0. The van der Waals surface area contributed by atoms with Gasteiger partial charge in [0.15, 0.2) is 0 Å². The first-order valence-corrected chi connectivity index (χ1v) is 20.7. The summed E-state index contributed by atoms with van der Waals surface area (Å²) in [6.45, 7) is 0. The minimum absolute atomic E-state index is 0. The zero-order chi connectivity index (χ0) is 48.8. The number of benzene rings is 2. The quantitative estimate of drug-likeness (QED) is 0.176. The average molecular weight is 1110 g/mol. The molecule has 14 rings (SSSR count). The molecule has 0 saturated carbocycles. The van der Waals surface area contributed by atoms with Crippen LogP contribution in [0.25, 0.3) is 89.7 Å². The Bertz CT molecular complexity index is 3270. The molecule has 2 aromatic carbocycles. The monoisotopic (exact) mass is 1110 g/mol.